The molecule has 0 amide bonds. The van der Waals surface area contributed by atoms with Crippen LogP contribution in [0.15, 0.2) is 57.7 Å². The number of anilines is 1. The van der Waals surface area contributed by atoms with E-state index in [9.17, 15) is 19.1 Å². The Morgan fingerprint density at radius 1 is 1.12 bits per heavy atom. The first-order valence-corrected chi connectivity index (χ1v) is 10.5. The second kappa shape index (κ2) is 8.50. The van der Waals surface area contributed by atoms with Crippen molar-refractivity contribution in [3.63, 3.8) is 0 Å². The van der Waals surface area contributed by atoms with Gasteiger partial charge in [-0.25, -0.2) is 14.2 Å². The number of aromatic nitrogens is 1. The molecule has 0 unspecified atom stereocenters. The van der Waals surface area contributed by atoms with Crippen molar-refractivity contribution in [1.29, 1.82) is 0 Å². The molecule has 0 saturated carbocycles. The number of hydrogen-bond donors (Lipinski definition) is 2. The summed E-state index contributed by atoms with van der Waals surface area (Å²) < 4.78 is 20.1. The Labute approximate surface area is 189 Å². The van der Waals surface area contributed by atoms with E-state index in [1.807, 2.05) is 19.9 Å². The molecule has 0 spiro atoms. The molecule has 0 saturated heterocycles. The summed E-state index contributed by atoms with van der Waals surface area (Å²) in [6.45, 7) is 7.10. The lowest BCUT2D eigenvalue weighted by molar-refractivity contribution is 0.0691. The van der Waals surface area contributed by atoms with Crippen molar-refractivity contribution >= 4 is 22.6 Å². The molecule has 2 heterocycles. The molecule has 4 aromatic rings. The fourth-order valence-electron chi connectivity index (χ4n) is 3.94. The molecular formula is C26H23FN2O4. The second-order valence-electron chi connectivity index (χ2n) is 8.15. The van der Waals surface area contributed by atoms with E-state index in [0.717, 1.165) is 5.56 Å². The highest BCUT2D eigenvalue weighted by Gasteiger charge is 2.21. The van der Waals surface area contributed by atoms with Gasteiger partial charge in [0.25, 0.3) is 0 Å². The maximum Gasteiger partial charge on any atom is 0.356 e. The Bertz CT molecular complexity index is 1460. The standard InChI is InChI=1S/C26H23FN2O4/c1-13-10-19(16(4)29-21-9-8-14(2)28-22(21)26(31)32)25-20(11-13)23(30)15(3)24(33-25)17-6-5-7-18(27)12-17/h5-12,16,29H,1-4H3,(H,31,32)/t16-/m1/s1. The summed E-state index contributed by atoms with van der Waals surface area (Å²) in [5.41, 5.74) is 3.42. The number of carbonyl (C=O) groups is 1. The summed E-state index contributed by atoms with van der Waals surface area (Å²) in [4.78, 5) is 29.0. The third-order valence-electron chi connectivity index (χ3n) is 5.55. The fourth-order valence-corrected chi connectivity index (χ4v) is 3.94. The van der Waals surface area contributed by atoms with Gasteiger partial charge in [0.05, 0.1) is 17.1 Å². The lowest BCUT2D eigenvalue weighted by Crippen LogP contribution is -2.15. The van der Waals surface area contributed by atoms with Gasteiger partial charge >= 0.3 is 5.97 Å². The van der Waals surface area contributed by atoms with E-state index in [4.69, 9.17) is 4.42 Å². The summed E-state index contributed by atoms with van der Waals surface area (Å²) in [5.74, 6) is -1.27. The molecule has 1 atom stereocenters. The number of aryl methyl sites for hydroxylation is 2. The maximum atomic E-state index is 13.8. The number of nitrogens with zero attached hydrogens (tertiary/aromatic N) is 1. The van der Waals surface area contributed by atoms with Crippen LogP contribution in [-0.2, 0) is 0 Å². The number of aromatic carboxylic acids is 1. The normalized spacial score (nSPS) is 12.0. The number of hydrogen-bond acceptors (Lipinski definition) is 5. The number of benzene rings is 2. The van der Waals surface area contributed by atoms with Crippen molar-refractivity contribution in [3.05, 3.63) is 92.6 Å². The predicted octanol–water partition coefficient (Wildman–Crippen LogP) is 5.79. The van der Waals surface area contributed by atoms with Gasteiger partial charge < -0.3 is 14.8 Å². The van der Waals surface area contributed by atoms with Gasteiger partial charge in [-0.3, -0.25) is 4.79 Å². The van der Waals surface area contributed by atoms with Crippen LogP contribution in [0, 0.1) is 26.6 Å². The molecule has 2 aromatic heterocycles. The van der Waals surface area contributed by atoms with E-state index < -0.39 is 17.8 Å². The SMILES string of the molecule is Cc1cc([C@@H](C)Nc2ccc(C)nc2C(=O)O)c2oc(-c3cccc(F)c3)c(C)c(=O)c2c1. The van der Waals surface area contributed by atoms with Crippen LogP contribution in [-0.4, -0.2) is 16.1 Å². The average molecular weight is 446 g/mol. The number of halogens is 1. The van der Waals surface area contributed by atoms with Crippen molar-refractivity contribution in [3.8, 4) is 11.3 Å². The third kappa shape index (κ3) is 4.22. The minimum absolute atomic E-state index is 0.0865. The van der Waals surface area contributed by atoms with Crippen LogP contribution in [0.1, 0.15) is 45.8 Å². The first-order chi connectivity index (χ1) is 15.7. The highest BCUT2D eigenvalue weighted by Crippen LogP contribution is 2.32. The quantitative estimate of drug-likeness (QED) is 0.403. The largest absolute Gasteiger partial charge is 0.476 e. The van der Waals surface area contributed by atoms with Crippen LogP contribution in [0.4, 0.5) is 10.1 Å². The molecule has 7 heteroatoms. The van der Waals surface area contributed by atoms with Crippen molar-refractivity contribution in [1.82, 2.24) is 4.98 Å². The summed E-state index contributed by atoms with van der Waals surface area (Å²) in [6, 6.07) is 12.5. The van der Waals surface area contributed by atoms with Crippen molar-refractivity contribution in [2.75, 3.05) is 5.32 Å². The molecule has 33 heavy (non-hydrogen) atoms. The van der Waals surface area contributed by atoms with Gasteiger partial charge in [0.15, 0.2) is 11.1 Å². The Kier molecular flexibility index (Phi) is 5.72. The van der Waals surface area contributed by atoms with E-state index in [1.54, 1.807) is 44.2 Å². The van der Waals surface area contributed by atoms with Crippen LogP contribution in [0.5, 0.6) is 0 Å². The molecule has 0 radical (unpaired) electrons. The topological polar surface area (TPSA) is 92.4 Å². The van der Waals surface area contributed by atoms with Crippen LogP contribution in [0.2, 0.25) is 0 Å². The van der Waals surface area contributed by atoms with Gasteiger partial charge in [0.2, 0.25) is 0 Å². The van der Waals surface area contributed by atoms with Gasteiger partial charge in [-0.2, -0.15) is 0 Å². The number of pyridine rings is 1. The Morgan fingerprint density at radius 2 is 1.88 bits per heavy atom. The molecular weight excluding hydrogens is 423 g/mol. The number of fused-ring (bicyclic) bond motifs is 1. The lowest BCUT2D eigenvalue weighted by atomic mass is 9.98. The monoisotopic (exact) mass is 446 g/mol. The summed E-state index contributed by atoms with van der Waals surface area (Å²) >= 11 is 0. The van der Waals surface area contributed by atoms with E-state index in [1.165, 1.54) is 12.1 Å². The lowest BCUT2D eigenvalue weighted by Gasteiger charge is -2.19. The van der Waals surface area contributed by atoms with Crippen molar-refractivity contribution in [2.24, 2.45) is 0 Å². The molecule has 0 aliphatic rings. The Balaban J connectivity index is 1.89. The molecule has 0 aliphatic heterocycles. The minimum Gasteiger partial charge on any atom is -0.476 e. The Morgan fingerprint density at radius 3 is 2.58 bits per heavy atom. The Hall–Kier alpha value is -4.00. The summed E-state index contributed by atoms with van der Waals surface area (Å²) in [7, 11) is 0. The van der Waals surface area contributed by atoms with Gasteiger partial charge in [-0.15, -0.1) is 0 Å². The second-order valence-corrected chi connectivity index (χ2v) is 8.15. The molecule has 4 rings (SSSR count). The van der Waals surface area contributed by atoms with Crippen LogP contribution < -0.4 is 10.7 Å². The zero-order valence-corrected chi connectivity index (χ0v) is 18.7. The van der Waals surface area contributed by atoms with Gasteiger partial charge in [0.1, 0.15) is 17.2 Å². The van der Waals surface area contributed by atoms with E-state index in [-0.39, 0.29) is 11.1 Å². The van der Waals surface area contributed by atoms with Gasteiger partial charge in [0, 0.05) is 22.4 Å². The third-order valence-corrected chi connectivity index (χ3v) is 5.55. The predicted molar refractivity (Wildman–Crippen MR) is 125 cm³/mol. The molecule has 0 bridgehead atoms. The van der Waals surface area contributed by atoms with Gasteiger partial charge in [-0.1, -0.05) is 18.2 Å². The maximum absolute atomic E-state index is 13.8. The smallest absolute Gasteiger partial charge is 0.356 e. The number of carboxylic acids is 1. The fraction of sp³-hybridized carbons (Fsp3) is 0.192. The number of carboxylic acid groups (broad SMARTS) is 1. The van der Waals surface area contributed by atoms with E-state index in [2.05, 4.69) is 10.3 Å². The zero-order chi connectivity index (χ0) is 23.9. The highest BCUT2D eigenvalue weighted by atomic mass is 19.1. The van der Waals surface area contributed by atoms with E-state index in [0.29, 0.717) is 44.8 Å². The van der Waals surface area contributed by atoms with Crippen LogP contribution >= 0.6 is 0 Å². The van der Waals surface area contributed by atoms with Crippen LogP contribution in [0.25, 0.3) is 22.3 Å². The summed E-state index contributed by atoms with van der Waals surface area (Å²) in [6.07, 6.45) is 0. The number of nitrogens with one attached hydrogen (secondary N) is 1. The van der Waals surface area contributed by atoms with Crippen molar-refractivity contribution < 1.29 is 18.7 Å². The van der Waals surface area contributed by atoms with Crippen molar-refractivity contribution in [2.45, 2.75) is 33.7 Å². The first kappa shape index (κ1) is 22.2. The minimum atomic E-state index is -1.14. The first-order valence-electron chi connectivity index (χ1n) is 10.5. The van der Waals surface area contributed by atoms with Crippen LogP contribution in [0.3, 0.4) is 0 Å². The molecule has 2 N–H and O–H groups in total. The number of rotatable bonds is 5. The van der Waals surface area contributed by atoms with Gasteiger partial charge in [-0.05, 0) is 63.6 Å². The summed E-state index contributed by atoms with van der Waals surface area (Å²) in [5, 5.41) is 13.2. The molecule has 2 aromatic carbocycles. The molecule has 6 nitrogen and oxygen atoms in total. The highest BCUT2D eigenvalue weighted by molar-refractivity contribution is 5.92. The molecule has 0 aliphatic carbocycles. The zero-order valence-electron chi connectivity index (χ0n) is 18.7. The van der Waals surface area contributed by atoms with E-state index >= 15 is 0 Å². The molecule has 0 fully saturated rings. The molecule has 168 valence electrons. The average Bonchev–Trinajstić information content (AvgIpc) is 2.77.